The molecule has 158 valence electrons. The molecule has 1 aliphatic heterocycles. The van der Waals surface area contributed by atoms with Gasteiger partial charge < -0.3 is 15.0 Å². The maximum atomic E-state index is 12.3. The Morgan fingerprint density at radius 1 is 1.45 bits per heavy atom. The number of carbonyl (C=O) groups excluding carboxylic acids is 1. The Balaban J connectivity index is 1.45. The van der Waals surface area contributed by atoms with Crippen LogP contribution in [0.25, 0.3) is 0 Å². The third-order valence-electron chi connectivity index (χ3n) is 5.12. The molecule has 29 heavy (non-hydrogen) atoms. The molecule has 8 heteroatoms. The Morgan fingerprint density at radius 2 is 2.28 bits per heavy atom. The van der Waals surface area contributed by atoms with Crippen molar-refractivity contribution in [2.75, 3.05) is 44.5 Å². The van der Waals surface area contributed by atoms with Crippen molar-refractivity contribution in [2.45, 2.75) is 32.2 Å². The zero-order valence-electron chi connectivity index (χ0n) is 17.3. The third-order valence-corrected chi connectivity index (χ3v) is 6.57. The number of hydrogen-bond donors (Lipinski definition) is 1. The highest BCUT2D eigenvalue weighted by molar-refractivity contribution is 7.15. The van der Waals surface area contributed by atoms with Crippen LogP contribution in [0.1, 0.15) is 30.6 Å². The first-order valence-electron chi connectivity index (χ1n) is 9.92. The van der Waals surface area contributed by atoms with Crippen LogP contribution in [0.4, 0.5) is 10.8 Å². The summed E-state index contributed by atoms with van der Waals surface area (Å²) in [6.45, 7) is 3.09. The van der Waals surface area contributed by atoms with Gasteiger partial charge in [0.1, 0.15) is 5.75 Å². The highest BCUT2D eigenvalue weighted by Gasteiger charge is 2.21. The highest BCUT2D eigenvalue weighted by atomic mass is 35.5. The van der Waals surface area contributed by atoms with E-state index >= 15 is 0 Å². The molecular formula is C21H29ClN4O2S. The molecule has 1 N–H and O–H groups in total. The molecule has 2 aromatic rings. The number of nitrogens with one attached hydrogen (secondary N) is 1. The minimum atomic E-state index is 0.0291. The number of nitrogens with zero attached hydrogens (tertiary/aromatic N) is 3. The number of ether oxygens (including phenoxy) is 1. The molecule has 1 aromatic carbocycles. The fourth-order valence-electron chi connectivity index (χ4n) is 3.63. The Labute approximate surface area is 181 Å². The molecule has 1 atom stereocenters. The van der Waals surface area contributed by atoms with E-state index in [-0.39, 0.29) is 5.91 Å². The number of aromatic nitrogens is 1. The molecule has 1 saturated heterocycles. The average molecular weight is 437 g/mol. The summed E-state index contributed by atoms with van der Waals surface area (Å²) < 4.78 is 5.14. The predicted molar refractivity (Wildman–Crippen MR) is 120 cm³/mol. The number of thiazole rings is 1. The molecule has 0 spiro atoms. The predicted octanol–water partition coefficient (Wildman–Crippen LogP) is 4.50. The van der Waals surface area contributed by atoms with Gasteiger partial charge >= 0.3 is 0 Å². The van der Waals surface area contributed by atoms with Crippen LogP contribution in [0.5, 0.6) is 5.75 Å². The Kier molecular flexibility index (Phi) is 7.75. The summed E-state index contributed by atoms with van der Waals surface area (Å²) in [6.07, 6.45) is 5.77. The van der Waals surface area contributed by atoms with Crippen LogP contribution >= 0.6 is 22.9 Å². The second-order valence-electron chi connectivity index (χ2n) is 7.68. The molecule has 6 nitrogen and oxygen atoms in total. The van der Waals surface area contributed by atoms with Crippen LogP contribution in [-0.2, 0) is 11.3 Å². The molecule has 0 bridgehead atoms. The number of rotatable bonds is 8. The summed E-state index contributed by atoms with van der Waals surface area (Å²) in [5.41, 5.74) is 0.702. The molecule has 0 radical (unpaired) electrons. The summed E-state index contributed by atoms with van der Waals surface area (Å²) in [6, 6.07) is 5.29. The number of anilines is 2. The fourth-order valence-corrected chi connectivity index (χ4v) is 4.76. The number of hydrogen-bond acceptors (Lipinski definition) is 6. The molecule has 1 aromatic heterocycles. The first kappa shape index (κ1) is 21.9. The Morgan fingerprint density at radius 3 is 2.97 bits per heavy atom. The van der Waals surface area contributed by atoms with Crippen LogP contribution in [0.2, 0.25) is 5.02 Å². The number of piperidine rings is 1. The maximum absolute atomic E-state index is 12.3. The first-order chi connectivity index (χ1) is 13.9. The molecule has 0 aliphatic carbocycles. The van der Waals surface area contributed by atoms with E-state index in [1.807, 2.05) is 31.3 Å². The van der Waals surface area contributed by atoms with Gasteiger partial charge in [-0.3, -0.25) is 9.69 Å². The van der Waals surface area contributed by atoms with Crippen molar-refractivity contribution >= 4 is 39.7 Å². The van der Waals surface area contributed by atoms with E-state index < -0.39 is 0 Å². The number of halogens is 1. The number of benzene rings is 1. The van der Waals surface area contributed by atoms with Crippen molar-refractivity contribution in [3.63, 3.8) is 0 Å². The van der Waals surface area contributed by atoms with Crippen molar-refractivity contribution in [1.29, 1.82) is 0 Å². The normalized spacial score (nSPS) is 17.2. The van der Waals surface area contributed by atoms with Crippen LogP contribution in [0.15, 0.2) is 24.4 Å². The largest absolute Gasteiger partial charge is 0.495 e. The van der Waals surface area contributed by atoms with Gasteiger partial charge in [0.05, 0.1) is 12.1 Å². The van der Waals surface area contributed by atoms with Crippen molar-refractivity contribution in [3.8, 4) is 5.75 Å². The quantitative estimate of drug-likeness (QED) is 0.660. The Bertz CT molecular complexity index is 827. The van der Waals surface area contributed by atoms with Gasteiger partial charge in [-0.2, -0.15) is 0 Å². The molecule has 3 rings (SSSR count). The number of carbonyl (C=O) groups is 1. The van der Waals surface area contributed by atoms with E-state index in [9.17, 15) is 4.79 Å². The molecule has 0 unspecified atom stereocenters. The lowest BCUT2D eigenvalue weighted by molar-refractivity contribution is -0.116. The molecular weight excluding hydrogens is 408 g/mol. The molecule has 1 fully saturated rings. The smallest absolute Gasteiger partial charge is 0.224 e. The SMILES string of the molecule is COc1ccc(NC(=O)CC[C@H]2CCCN(Cc3cnc(N(C)C)s3)C2)cc1Cl. The summed E-state index contributed by atoms with van der Waals surface area (Å²) in [7, 11) is 5.61. The first-order valence-corrected chi connectivity index (χ1v) is 11.1. The van der Waals surface area contributed by atoms with Crippen LogP contribution in [-0.4, -0.2) is 50.1 Å². The van der Waals surface area contributed by atoms with Crippen molar-refractivity contribution < 1.29 is 9.53 Å². The minimum absolute atomic E-state index is 0.0291. The van der Waals surface area contributed by atoms with Crippen molar-refractivity contribution in [1.82, 2.24) is 9.88 Å². The topological polar surface area (TPSA) is 57.7 Å². The number of amides is 1. The fraction of sp³-hybridized carbons (Fsp3) is 0.524. The summed E-state index contributed by atoms with van der Waals surface area (Å²) in [4.78, 5) is 22.6. The molecule has 0 saturated carbocycles. The molecule has 1 amide bonds. The number of likely N-dealkylation sites (tertiary alicyclic amines) is 1. The van der Waals surface area contributed by atoms with E-state index in [2.05, 4.69) is 15.2 Å². The zero-order chi connectivity index (χ0) is 20.8. The van der Waals surface area contributed by atoms with Gasteiger partial charge in [0.2, 0.25) is 5.91 Å². The minimum Gasteiger partial charge on any atom is -0.495 e. The molecule has 2 heterocycles. The van der Waals surface area contributed by atoms with Gasteiger partial charge in [-0.15, -0.1) is 11.3 Å². The number of methoxy groups -OCH3 is 1. The van der Waals surface area contributed by atoms with E-state index in [0.29, 0.717) is 28.8 Å². The van der Waals surface area contributed by atoms with Gasteiger partial charge in [-0.05, 0) is 49.9 Å². The lowest BCUT2D eigenvalue weighted by Gasteiger charge is -2.32. The third kappa shape index (κ3) is 6.32. The van der Waals surface area contributed by atoms with E-state index in [1.54, 1.807) is 30.6 Å². The second kappa shape index (κ2) is 10.3. The monoisotopic (exact) mass is 436 g/mol. The van der Waals surface area contributed by atoms with Crippen molar-refractivity contribution in [2.24, 2.45) is 5.92 Å². The highest BCUT2D eigenvalue weighted by Crippen LogP contribution is 2.28. The van der Waals surface area contributed by atoms with Gasteiger partial charge in [0.25, 0.3) is 0 Å². The van der Waals surface area contributed by atoms with E-state index in [1.165, 1.54) is 17.7 Å². The summed E-state index contributed by atoms with van der Waals surface area (Å²) in [5.74, 6) is 1.18. The van der Waals surface area contributed by atoms with E-state index in [4.69, 9.17) is 16.3 Å². The zero-order valence-corrected chi connectivity index (χ0v) is 18.9. The summed E-state index contributed by atoms with van der Waals surface area (Å²) >= 11 is 7.87. The van der Waals surface area contributed by atoms with Gasteiger partial charge in [-0.1, -0.05) is 11.6 Å². The van der Waals surface area contributed by atoms with Crippen molar-refractivity contribution in [3.05, 3.63) is 34.3 Å². The van der Waals surface area contributed by atoms with Crippen LogP contribution < -0.4 is 15.0 Å². The van der Waals surface area contributed by atoms with Crippen LogP contribution in [0.3, 0.4) is 0 Å². The molecule has 1 aliphatic rings. The average Bonchev–Trinajstić information content (AvgIpc) is 3.16. The lowest BCUT2D eigenvalue weighted by atomic mass is 9.93. The van der Waals surface area contributed by atoms with Gasteiger partial charge in [0, 0.05) is 50.4 Å². The van der Waals surface area contributed by atoms with Gasteiger partial charge in [-0.25, -0.2) is 4.98 Å². The second-order valence-corrected chi connectivity index (χ2v) is 9.18. The summed E-state index contributed by atoms with van der Waals surface area (Å²) in [5, 5.41) is 4.47. The maximum Gasteiger partial charge on any atom is 0.224 e. The standard InChI is InChI=1S/C21H29ClN4O2S/c1-25(2)21-23-12-17(29-21)14-26-10-4-5-15(13-26)6-9-20(27)24-16-7-8-19(28-3)18(22)11-16/h7-8,11-12,15H,4-6,9-10,13-14H2,1-3H3,(H,24,27)/t15-/m1/s1. The van der Waals surface area contributed by atoms with Crippen LogP contribution in [0, 0.1) is 5.92 Å². The van der Waals surface area contributed by atoms with E-state index in [0.717, 1.165) is 31.2 Å². The lowest BCUT2D eigenvalue weighted by Crippen LogP contribution is -2.35. The van der Waals surface area contributed by atoms with Gasteiger partial charge in [0.15, 0.2) is 5.13 Å². The Hall–Kier alpha value is -1.83.